The number of hydrogen-bond acceptors (Lipinski definition) is 4. The molecule has 0 spiro atoms. The lowest BCUT2D eigenvalue weighted by Gasteiger charge is -2.09. The van der Waals surface area contributed by atoms with E-state index in [1.54, 1.807) is 0 Å². The van der Waals surface area contributed by atoms with E-state index < -0.39 is 29.4 Å². The molecule has 0 saturated carbocycles. The first-order valence-electron chi connectivity index (χ1n) is 6.27. The number of rotatable bonds is 4. The van der Waals surface area contributed by atoms with E-state index in [1.165, 1.54) is 12.1 Å². The van der Waals surface area contributed by atoms with Crippen LogP contribution in [0.3, 0.4) is 0 Å². The Morgan fingerprint density at radius 1 is 1.26 bits per heavy atom. The summed E-state index contributed by atoms with van der Waals surface area (Å²) in [5, 5.41) is 9.19. The Kier molecular flexibility index (Phi) is 4.39. The van der Waals surface area contributed by atoms with Crippen molar-refractivity contribution < 1.29 is 32.6 Å². The van der Waals surface area contributed by atoms with Gasteiger partial charge in [0.2, 0.25) is 0 Å². The van der Waals surface area contributed by atoms with Crippen LogP contribution in [0.5, 0.6) is 0 Å². The number of methoxy groups -OCH3 is 1. The van der Waals surface area contributed by atoms with E-state index in [0.29, 0.717) is 5.56 Å². The number of imidazole rings is 1. The maximum atomic E-state index is 12.5. The van der Waals surface area contributed by atoms with Gasteiger partial charge in [-0.2, -0.15) is 13.2 Å². The van der Waals surface area contributed by atoms with Crippen LogP contribution in [0.4, 0.5) is 13.2 Å². The predicted molar refractivity (Wildman–Crippen MR) is 71.1 cm³/mol. The molecule has 2 aromatic rings. The van der Waals surface area contributed by atoms with Gasteiger partial charge in [0.15, 0.2) is 11.4 Å². The molecule has 0 aliphatic heterocycles. The summed E-state index contributed by atoms with van der Waals surface area (Å²) in [6.07, 6.45) is -3.33. The van der Waals surface area contributed by atoms with Gasteiger partial charge >= 0.3 is 18.1 Å². The lowest BCUT2D eigenvalue weighted by molar-refractivity contribution is -0.137. The maximum absolute atomic E-state index is 12.5. The van der Waals surface area contributed by atoms with E-state index in [1.807, 2.05) is 0 Å². The van der Waals surface area contributed by atoms with E-state index in [9.17, 15) is 27.9 Å². The number of aromatic nitrogens is 2. The molecular weight excluding hydrogens is 317 g/mol. The van der Waals surface area contributed by atoms with E-state index in [2.05, 4.69) is 9.72 Å². The lowest BCUT2D eigenvalue weighted by Crippen LogP contribution is -2.14. The van der Waals surface area contributed by atoms with Crippen LogP contribution in [0.1, 0.15) is 32.1 Å². The number of aromatic carboxylic acids is 1. The number of alkyl halides is 3. The number of benzene rings is 1. The highest BCUT2D eigenvalue weighted by molar-refractivity contribution is 5.99. The van der Waals surface area contributed by atoms with Gasteiger partial charge in [-0.1, -0.05) is 12.1 Å². The van der Waals surface area contributed by atoms with Crippen molar-refractivity contribution in [1.82, 2.24) is 9.55 Å². The number of carbonyl (C=O) groups excluding carboxylic acids is 1. The zero-order valence-corrected chi connectivity index (χ0v) is 11.8. The third kappa shape index (κ3) is 3.50. The molecule has 1 heterocycles. The second-order valence-electron chi connectivity index (χ2n) is 4.56. The number of halogens is 3. The fourth-order valence-corrected chi connectivity index (χ4v) is 1.97. The second kappa shape index (κ2) is 6.11. The predicted octanol–water partition coefficient (Wildman–Crippen LogP) is 2.43. The molecule has 0 unspecified atom stereocenters. The number of nitrogens with zero attached hydrogens (tertiary/aromatic N) is 2. The number of carbonyl (C=O) groups is 2. The third-order valence-corrected chi connectivity index (χ3v) is 3.05. The highest BCUT2D eigenvalue weighted by Gasteiger charge is 2.30. The van der Waals surface area contributed by atoms with Crippen molar-refractivity contribution in [3.63, 3.8) is 0 Å². The number of carboxylic acids is 1. The Morgan fingerprint density at radius 2 is 1.87 bits per heavy atom. The third-order valence-electron chi connectivity index (χ3n) is 3.05. The topological polar surface area (TPSA) is 81.4 Å². The van der Waals surface area contributed by atoms with Gasteiger partial charge in [-0.3, -0.25) is 0 Å². The van der Waals surface area contributed by atoms with Crippen LogP contribution in [0.2, 0.25) is 0 Å². The van der Waals surface area contributed by atoms with Crippen LogP contribution in [0.25, 0.3) is 0 Å². The van der Waals surface area contributed by atoms with Gasteiger partial charge in [-0.15, -0.1) is 0 Å². The molecule has 0 fully saturated rings. The standard InChI is InChI=1S/C14H11F3N2O4/c1-23-13(22)10-11(12(20)21)19(7-18-10)6-8-2-4-9(5-3-8)14(15,16)17/h2-5,7H,6H2,1H3,(H,20,21). The van der Waals surface area contributed by atoms with Crippen LogP contribution >= 0.6 is 0 Å². The van der Waals surface area contributed by atoms with Gasteiger partial charge in [0.25, 0.3) is 0 Å². The Bertz CT molecular complexity index is 735. The second-order valence-corrected chi connectivity index (χ2v) is 4.56. The van der Waals surface area contributed by atoms with Gasteiger partial charge in [0, 0.05) is 6.54 Å². The summed E-state index contributed by atoms with van der Waals surface area (Å²) < 4.78 is 43.1. The molecule has 2 rings (SSSR count). The first-order valence-corrected chi connectivity index (χ1v) is 6.27. The first-order chi connectivity index (χ1) is 10.7. The van der Waals surface area contributed by atoms with Crippen LogP contribution in [-0.2, 0) is 17.5 Å². The van der Waals surface area contributed by atoms with Gasteiger partial charge in [0.1, 0.15) is 0 Å². The molecule has 0 saturated heterocycles. The lowest BCUT2D eigenvalue weighted by atomic mass is 10.1. The Labute approximate surface area is 128 Å². The molecule has 9 heteroatoms. The fourth-order valence-electron chi connectivity index (χ4n) is 1.97. The molecule has 0 aliphatic carbocycles. The first kappa shape index (κ1) is 16.5. The minimum absolute atomic E-state index is 0.0518. The molecule has 1 N–H and O–H groups in total. The van der Waals surface area contributed by atoms with E-state index in [-0.39, 0.29) is 12.2 Å². The van der Waals surface area contributed by atoms with Crippen molar-refractivity contribution in [2.24, 2.45) is 0 Å². The molecule has 1 aromatic carbocycles. The average molecular weight is 328 g/mol. The molecule has 0 atom stereocenters. The van der Waals surface area contributed by atoms with Crippen LogP contribution in [0, 0.1) is 0 Å². The molecule has 0 amide bonds. The van der Waals surface area contributed by atoms with Crippen molar-refractivity contribution in [3.05, 3.63) is 53.1 Å². The summed E-state index contributed by atoms with van der Waals surface area (Å²) in [6.45, 7) is -0.0518. The van der Waals surface area contributed by atoms with Crippen molar-refractivity contribution >= 4 is 11.9 Å². The Balaban J connectivity index is 2.32. The van der Waals surface area contributed by atoms with E-state index in [4.69, 9.17) is 0 Å². The quantitative estimate of drug-likeness (QED) is 0.872. The highest BCUT2D eigenvalue weighted by atomic mass is 19.4. The zero-order valence-electron chi connectivity index (χ0n) is 11.8. The smallest absolute Gasteiger partial charge is 0.416 e. The Morgan fingerprint density at radius 3 is 2.35 bits per heavy atom. The summed E-state index contributed by atoms with van der Waals surface area (Å²) >= 11 is 0. The number of esters is 1. The Hall–Kier alpha value is -2.84. The molecule has 122 valence electrons. The van der Waals surface area contributed by atoms with Crippen LogP contribution < -0.4 is 0 Å². The largest absolute Gasteiger partial charge is 0.476 e. The summed E-state index contributed by atoms with van der Waals surface area (Å²) in [6, 6.07) is 4.25. The zero-order chi connectivity index (χ0) is 17.2. The number of hydrogen-bond donors (Lipinski definition) is 1. The summed E-state index contributed by atoms with van der Waals surface area (Å²) in [7, 11) is 1.09. The molecule has 0 bridgehead atoms. The summed E-state index contributed by atoms with van der Waals surface area (Å²) in [5.41, 5.74) is -1.14. The molecule has 23 heavy (non-hydrogen) atoms. The van der Waals surface area contributed by atoms with Crippen LogP contribution in [-0.4, -0.2) is 33.7 Å². The van der Waals surface area contributed by atoms with Gasteiger partial charge in [-0.05, 0) is 17.7 Å². The highest BCUT2D eigenvalue weighted by Crippen LogP contribution is 2.29. The van der Waals surface area contributed by atoms with Gasteiger partial charge in [-0.25, -0.2) is 14.6 Å². The summed E-state index contributed by atoms with van der Waals surface area (Å²) in [5.74, 6) is -2.30. The van der Waals surface area contributed by atoms with Crippen LogP contribution in [0.15, 0.2) is 30.6 Å². The summed E-state index contributed by atoms with van der Waals surface area (Å²) in [4.78, 5) is 26.4. The minimum atomic E-state index is -4.45. The molecule has 6 nitrogen and oxygen atoms in total. The van der Waals surface area contributed by atoms with Crippen molar-refractivity contribution in [1.29, 1.82) is 0 Å². The van der Waals surface area contributed by atoms with Crippen molar-refractivity contribution in [2.75, 3.05) is 7.11 Å². The van der Waals surface area contributed by atoms with Gasteiger partial charge < -0.3 is 14.4 Å². The normalized spacial score (nSPS) is 11.3. The average Bonchev–Trinajstić information content (AvgIpc) is 2.90. The fraction of sp³-hybridized carbons (Fsp3) is 0.214. The SMILES string of the molecule is COC(=O)c1ncn(Cc2ccc(C(F)(F)F)cc2)c1C(=O)O. The maximum Gasteiger partial charge on any atom is 0.416 e. The minimum Gasteiger partial charge on any atom is -0.476 e. The van der Waals surface area contributed by atoms with E-state index >= 15 is 0 Å². The van der Waals surface area contributed by atoms with Gasteiger partial charge in [0.05, 0.1) is 19.0 Å². The monoisotopic (exact) mass is 328 g/mol. The molecule has 0 radical (unpaired) electrons. The molecule has 0 aliphatic rings. The van der Waals surface area contributed by atoms with E-state index in [0.717, 1.165) is 30.1 Å². The molecule has 1 aromatic heterocycles. The number of carboxylic acid groups (broad SMARTS) is 1. The number of ether oxygens (including phenoxy) is 1. The van der Waals surface area contributed by atoms with Crippen molar-refractivity contribution in [3.8, 4) is 0 Å². The molecular formula is C14H11F3N2O4. The van der Waals surface area contributed by atoms with Crippen molar-refractivity contribution in [2.45, 2.75) is 12.7 Å².